The molecule has 0 saturated carbocycles. The highest BCUT2D eigenvalue weighted by molar-refractivity contribution is 5.99. The van der Waals surface area contributed by atoms with Gasteiger partial charge in [0, 0.05) is 0 Å². The first-order chi connectivity index (χ1) is 27.3. The molecule has 0 aliphatic rings. The summed E-state index contributed by atoms with van der Waals surface area (Å²) in [5, 5.41) is 0. The fraction of sp³-hybridized carbons (Fsp3) is 0.244. The summed E-state index contributed by atoms with van der Waals surface area (Å²) in [4.78, 5) is 51.7. The molecule has 5 aromatic carbocycles. The number of benzene rings is 5. The lowest BCUT2D eigenvalue weighted by molar-refractivity contribution is 0.0722. The fourth-order valence-corrected chi connectivity index (χ4v) is 5.26. The summed E-state index contributed by atoms with van der Waals surface area (Å²) in [5.41, 5.74) is 0.508. The third kappa shape index (κ3) is 11.9. The van der Waals surface area contributed by atoms with Crippen LogP contribution in [0.2, 0.25) is 0 Å². The molecule has 290 valence electrons. The van der Waals surface area contributed by atoms with Gasteiger partial charge in [0.05, 0.1) is 37.0 Å². The largest absolute Gasteiger partial charge is 0.496 e. The standard InChI is InChI=1S/C45H44O11/c1-4-6-8-28-51-34-19-23-38(24-20-34)53-42(46)31-10-15-36(16-11-31)55-44(48)33-14-27-41(50-3)40(30-33)45(49)56-37-17-12-32(13-18-37)43(47)54-39-25-21-35(22-26-39)52-29-9-7-5-2/h10-27,30H,4-9,28-29H2,1-3H3. The minimum absolute atomic E-state index is 0.0302. The first-order valence-electron chi connectivity index (χ1n) is 18.5. The quantitative estimate of drug-likeness (QED) is 0.0453. The van der Waals surface area contributed by atoms with E-state index in [0.717, 1.165) is 38.5 Å². The van der Waals surface area contributed by atoms with Crippen LogP contribution in [0.1, 0.15) is 93.8 Å². The second kappa shape index (κ2) is 20.7. The van der Waals surface area contributed by atoms with Crippen LogP contribution in [0.3, 0.4) is 0 Å². The van der Waals surface area contributed by atoms with Gasteiger partial charge in [-0.3, -0.25) is 0 Å². The number of carbonyl (C=O) groups is 4. The van der Waals surface area contributed by atoms with Gasteiger partial charge in [0.1, 0.15) is 45.8 Å². The number of hydrogen-bond acceptors (Lipinski definition) is 11. The molecule has 0 spiro atoms. The van der Waals surface area contributed by atoms with Gasteiger partial charge in [0.2, 0.25) is 0 Å². The Morgan fingerprint density at radius 3 is 1.14 bits per heavy atom. The minimum atomic E-state index is -0.805. The smallest absolute Gasteiger partial charge is 0.347 e. The molecule has 0 fully saturated rings. The van der Waals surface area contributed by atoms with Crippen molar-refractivity contribution in [3.8, 4) is 40.2 Å². The van der Waals surface area contributed by atoms with E-state index in [1.165, 1.54) is 73.8 Å². The molecule has 56 heavy (non-hydrogen) atoms. The van der Waals surface area contributed by atoms with Gasteiger partial charge in [0.15, 0.2) is 0 Å². The van der Waals surface area contributed by atoms with Gasteiger partial charge >= 0.3 is 23.9 Å². The average molecular weight is 761 g/mol. The van der Waals surface area contributed by atoms with Crippen molar-refractivity contribution >= 4 is 23.9 Å². The Hall–Kier alpha value is -6.62. The second-order valence-electron chi connectivity index (χ2n) is 12.6. The highest BCUT2D eigenvalue weighted by Crippen LogP contribution is 2.26. The maximum Gasteiger partial charge on any atom is 0.347 e. The highest BCUT2D eigenvalue weighted by atomic mass is 16.6. The van der Waals surface area contributed by atoms with E-state index in [4.69, 9.17) is 33.2 Å². The van der Waals surface area contributed by atoms with Crippen LogP contribution >= 0.6 is 0 Å². The molecule has 0 aliphatic heterocycles. The van der Waals surface area contributed by atoms with Gasteiger partial charge < -0.3 is 33.2 Å². The van der Waals surface area contributed by atoms with Crippen LogP contribution in [0, 0.1) is 0 Å². The number of carbonyl (C=O) groups excluding carboxylic acids is 4. The van der Waals surface area contributed by atoms with Crippen molar-refractivity contribution in [2.24, 2.45) is 0 Å². The van der Waals surface area contributed by atoms with Gasteiger partial charge in [0.25, 0.3) is 0 Å². The molecule has 0 radical (unpaired) electrons. The van der Waals surface area contributed by atoms with Crippen LogP contribution in [0.25, 0.3) is 0 Å². The van der Waals surface area contributed by atoms with Crippen LogP contribution in [-0.4, -0.2) is 44.2 Å². The molecule has 11 heteroatoms. The predicted molar refractivity (Wildman–Crippen MR) is 209 cm³/mol. The van der Waals surface area contributed by atoms with Gasteiger partial charge in [-0.2, -0.15) is 0 Å². The van der Waals surface area contributed by atoms with Crippen molar-refractivity contribution in [3.63, 3.8) is 0 Å². The summed E-state index contributed by atoms with van der Waals surface area (Å²) >= 11 is 0. The Bertz CT molecular complexity index is 2050. The van der Waals surface area contributed by atoms with Gasteiger partial charge in [-0.25, -0.2) is 19.2 Å². The lowest BCUT2D eigenvalue weighted by atomic mass is 10.1. The first kappa shape index (κ1) is 40.6. The Kier molecular flexibility index (Phi) is 15.0. The third-order valence-corrected chi connectivity index (χ3v) is 8.36. The molecule has 0 saturated heterocycles. The molecule has 0 aliphatic carbocycles. The van der Waals surface area contributed by atoms with E-state index >= 15 is 0 Å². The van der Waals surface area contributed by atoms with E-state index in [1.54, 1.807) is 48.5 Å². The van der Waals surface area contributed by atoms with Crippen LogP contribution in [0.5, 0.6) is 40.2 Å². The zero-order valence-electron chi connectivity index (χ0n) is 31.6. The van der Waals surface area contributed by atoms with Crippen molar-refractivity contribution in [1.29, 1.82) is 0 Å². The van der Waals surface area contributed by atoms with Gasteiger partial charge in [-0.05, 0) is 128 Å². The number of rotatable bonds is 19. The summed E-state index contributed by atoms with van der Waals surface area (Å²) in [7, 11) is 1.38. The van der Waals surface area contributed by atoms with Crippen molar-refractivity contribution < 1.29 is 52.3 Å². The molecular formula is C45H44O11. The topological polar surface area (TPSA) is 133 Å². The second-order valence-corrected chi connectivity index (χ2v) is 12.6. The fourth-order valence-electron chi connectivity index (χ4n) is 5.26. The molecule has 0 N–H and O–H groups in total. The molecule has 5 aromatic rings. The average Bonchev–Trinajstić information content (AvgIpc) is 3.22. The van der Waals surface area contributed by atoms with Gasteiger partial charge in [-0.15, -0.1) is 0 Å². The number of unbranched alkanes of at least 4 members (excludes halogenated alkanes) is 4. The summed E-state index contributed by atoms with van der Waals surface area (Å²) in [5.74, 6) is -0.154. The SMILES string of the molecule is CCCCCOc1ccc(OC(=O)c2ccc(OC(=O)c3ccc(OC)c(C(=O)Oc4ccc(C(=O)Oc5ccc(OCCCCC)cc5)cc4)c3)cc2)cc1. The molecule has 0 heterocycles. The highest BCUT2D eigenvalue weighted by Gasteiger charge is 2.20. The van der Waals surface area contributed by atoms with Crippen LogP contribution in [0.4, 0.5) is 0 Å². The van der Waals surface area contributed by atoms with Crippen molar-refractivity contribution in [2.75, 3.05) is 20.3 Å². The van der Waals surface area contributed by atoms with Crippen LogP contribution in [-0.2, 0) is 0 Å². The number of methoxy groups -OCH3 is 1. The van der Waals surface area contributed by atoms with E-state index in [1.807, 2.05) is 0 Å². The molecule has 11 nitrogen and oxygen atoms in total. The Morgan fingerprint density at radius 2 is 0.750 bits per heavy atom. The molecule has 0 bridgehead atoms. The minimum Gasteiger partial charge on any atom is -0.496 e. The van der Waals surface area contributed by atoms with E-state index in [-0.39, 0.29) is 39.5 Å². The molecule has 0 unspecified atom stereocenters. The van der Waals surface area contributed by atoms with Crippen LogP contribution < -0.4 is 33.2 Å². The lowest BCUT2D eigenvalue weighted by Gasteiger charge is -2.11. The van der Waals surface area contributed by atoms with Gasteiger partial charge in [-0.1, -0.05) is 39.5 Å². The van der Waals surface area contributed by atoms with E-state index in [2.05, 4.69) is 13.8 Å². The van der Waals surface area contributed by atoms with Crippen LogP contribution in [0.15, 0.2) is 115 Å². The van der Waals surface area contributed by atoms with Crippen molar-refractivity contribution in [3.05, 3.63) is 138 Å². The van der Waals surface area contributed by atoms with E-state index < -0.39 is 23.9 Å². The monoisotopic (exact) mass is 760 g/mol. The number of esters is 4. The molecule has 0 amide bonds. The normalized spacial score (nSPS) is 10.6. The molecule has 5 rings (SSSR count). The van der Waals surface area contributed by atoms with Crippen molar-refractivity contribution in [2.45, 2.75) is 52.4 Å². The summed E-state index contributed by atoms with van der Waals surface area (Å²) in [6, 6.07) is 29.5. The molecule has 0 aromatic heterocycles. The number of ether oxygens (including phenoxy) is 7. The van der Waals surface area contributed by atoms with E-state index in [9.17, 15) is 19.2 Å². The summed E-state index contributed by atoms with van der Waals surface area (Å²) < 4.78 is 38.7. The summed E-state index contributed by atoms with van der Waals surface area (Å²) in [6.45, 7) is 5.51. The predicted octanol–water partition coefficient (Wildman–Crippen LogP) is 9.71. The third-order valence-electron chi connectivity index (χ3n) is 8.36. The zero-order valence-corrected chi connectivity index (χ0v) is 31.6. The maximum absolute atomic E-state index is 13.2. The maximum atomic E-state index is 13.2. The Morgan fingerprint density at radius 1 is 0.411 bits per heavy atom. The van der Waals surface area contributed by atoms with E-state index in [0.29, 0.717) is 36.2 Å². The zero-order chi connectivity index (χ0) is 39.7. The number of hydrogen-bond donors (Lipinski definition) is 0. The summed E-state index contributed by atoms with van der Waals surface area (Å²) in [6.07, 6.45) is 6.36. The molecular weight excluding hydrogens is 716 g/mol. The lowest BCUT2D eigenvalue weighted by Crippen LogP contribution is -2.14. The Balaban J connectivity index is 1.13. The Labute approximate surface area is 326 Å². The molecule has 0 atom stereocenters. The first-order valence-corrected chi connectivity index (χ1v) is 18.5. The van der Waals surface area contributed by atoms with Crippen molar-refractivity contribution in [1.82, 2.24) is 0 Å².